The molecule has 6 N–H and O–H groups in total. The Morgan fingerprint density at radius 1 is 0.900 bits per heavy atom. The van der Waals surface area contributed by atoms with Crippen LogP contribution in [0.25, 0.3) is 11.1 Å². The Morgan fingerprint density at radius 3 is 2.15 bits per heavy atom. The molecule has 0 spiro atoms. The van der Waals surface area contributed by atoms with E-state index in [1.165, 1.54) is 6.07 Å². The van der Waals surface area contributed by atoms with Gasteiger partial charge < -0.3 is 26.4 Å². The second-order valence-corrected chi connectivity index (χ2v) is 10.4. The van der Waals surface area contributed by atoms with E-state index in [1.54, 1.807) is 60.7 Å². The summed E-state index contributed by atoms with van der Waals surface area (Å²) in [5.74, 6) is -1.81. The monoisotopic (exact) mass is 541 g/mol. The van der Waals surface area contributed by atoms with Crippen LogP contribution in [0.3, 0.4) is 0 Å². The molecule has 0 aromatic heterocycles. The fourth-order valence-electron chi connectivity index (χ4n) is 4.86. The lowest BCUT2D eigenvalue weighted by Gasteiger charge is -2.27. The van der Waals surface area contributed by atoms with Gasteiger partial charge in [-0.05, 0) is 85.4 Å². The number of carboxylic acid groups (broad SMARTS) is 1. The number of carbonyl (C=O) groups excluding carboxylic acids is 2. The SMILES string of the molecule is CC(C)C(CN1CCCC1)NC(=O)c1ccc(-c2ccccc2C(=O)Nc2ccc(C(=N)N)cc2)c(C(=O)O)c1. The number of nitrogens with two attached hydrogens (primary N) is 1. The first-order chi connectivity index (χ1) is 19.1. The van der Waals surface area contributed by atoms with Gasteiger partial charge in [0.25, 0.3) is 11.8 Å². The number of nitrogens with zero attached hydrogens (tertiary/aromatic N) is 1. The van der Waals surface area contributed by atoms with Gasteiger partial charge in [0.15, 0.2) is 0 Å². The van der Waals surface area contributed by atoms with Crippen LogP contribution in [0.15, 0.2) is 66.7 Å². The maximum absolute atomic E-state index is 13.2. The van der Waals surface area contributed by atoms with Gasteiger partial charge in [-0.1, -0.05) is 38.1 Å². The summed E-state index contributed by atoms with van der Waals surface area (Å²) in [6, 6.07) is 17.8. The molecule has 208 valence electrons. The molecule has 0 radical (unpaired) electrons. The summed E-state index contributed by atoms with van der Waals surface area (Å²) in [7, 11) is 0. The Kier molecular flexibility index (Phi) is 8.96. The van der Waals surface area contributed by atoms with E-state index in [0.29, 0.717) is 22.4 Å². The summed E-state index contributed by atoms with van der Waals surface area (Å²) in [6.45, 7) is 6.92. The number of likely N-dealkylation sites (tertiary alicyclic amines) is 1. The minimum absolute atomic E-state index is 0.0625. The summed E-state index contributed by atoms with van der Waals surface area (Å²) in [4.78, 5) is 41.1. The molecular weight excluding hydrogens is 506 g/mol. The van der Waals surface area contributed by atoms with Crippen molar-refractivity contribution in [3.63, 3.8) is 0 Å². The zero-order valence-electron chi connectivity index (χ0n) is 22.7. The summed E-state index contributed by atoms with van der Waals surface area (Å²) in [5.41, 5.74) is 7.76. The van der Waals surface area contributed by atoms with Crippen molar-refractivity contribution < 1.29 is 19.5 Å². The highest BCUT2D eigenvalue weighted by Gasteiger charge is 2.24. The van der Waals surface area contributed by atoms with Crippen molar-refractivity contribution in [2.24, 2.45) is 11.7 Å². The van der Waals surface area contributed by atoms with Gasteiger partial charge in [0.05, 0.1) is 5.56 Å². The van der Waals surface area contributed by atoms with Crippen molar-refractivity contribution in [1.82, 2.24) is 10.2 Å². The van der Waals surface area contributed by atoms with Crippen LogP contribution in [0, 0.1) is 11.3 Å². The first-order valence-electron chi connectivity index (χ1n) is 13.4. The molecule has 1 aliphatic rings. The Balaban J connectivity index is 1.59. The largest absolute Gasteiger partial charge is 0.478 e. The van der Waals surface area contributed by atoms with Gasteiger partial charge in [-0.15, -0.1) is 0 Å². The smallest absolute Gasteiger partial charge is 0.336 e. The predicted molar refractivity (Wildman–Crippen MR) is 156 cm³/mol. The molecule has 40 heavy (non-hydrogen) atoms. The molecule has 4 rings (SSSR count). The Labute approximate surface area is 233 Å². The molecule has 0 aliphatic carbocycles. The number of carboxylic acids is 1. The minimum Gasteiger partial charge on any atom is -0.478 e. The fourth-order valence-corrected chi connectivity index (χ4v) is 4.86. The predicted octanol–water partition coefficient (Wildman–Crippen LogP) is 4.44. The number of anilines is 1. The maximum Gasteiger partial charge on any atom is 0.336 e. The molecule has 9 nitrogen and oxygen atoms in total. The topological polar surface area (TPSA) is 149 Å². The molecule has 0 saturated carbocycles. The highest BCUT2D eigenvalue weighted by Crippen LogP contribution is 2.29. The van der Waals surface area contributed by atoms with Gasteiger partial charge in [0.1, 0.15) is 5.84 Å². The number of hydrogen-bond acceptors (Lipinski definition) is 5. The van der Waals surface area contributed by atoms with E-state index in [-0.39, 0.29) is 40.4 Å². The fraction of sp³-hybridized carbons (Fsp3) is 0.290. The number of amides is 2. The van der Waals surface area contributed by atoms with Crippen molar-refractivity contribution in [3.05, 3.63) is 89.0 Å². The zero-order chi connectivity index (χ0) is 28.8. The lowest BCUT2D eigenvalue weighted by molar-refractivity contribution is 0.0697. The highest BCUT2D eigenvalue weighted by molar-refractivity contribution is 6.11. The van der Waals surface area contributed by atoms with E-state index in [4.69, 9.17) is 11.1 Å². The Morgan fingerprint density at radius 2 is 1.52 bits per heavy atom. The second kappa shape index (κ2) is 12.6. The van der Waals surface area contributed by atoms with Crippen LogP contribution in [0.5, 0.6) is 0 Å². The van der Waals surface area contributed by atoms with E-state index in [9.17, 15) is 19.5 Å². The van der Waals surface area contributed by atoms with E-state index in [2.05, 4.69) is 29.4 Å². The Hall–Kier alpha value is -4.50. The van der Waals surface area contributed by atoms with Gasteiger partial charge in [-0.3, -0.25) is 15.0 Å². The minimum atomic E-state index is -1.20. The molecular formula is C31H35N5O4. The standard InChI is InChI=1S/C31H35N5O4/c1-19(2)27(18-36-15-5-6-16-36)35-29(37)21-11-14-24(26(17-21)31(39)40)23-7-3-4-8-25(23)30(38)34-22-12-9-20(10-13-22)28(32)33/h3-4,7-14,17,19,27H,5-6,15-16,18H2,1-2H3,(H3,32,33)(H,34,38)(H,35,37)(H,39,40). The zero-order valence-corrected chi connectivity index (χ0v) is 22.7. The van der Waals surface area contributed by atoms with Gasteiger partial charge in [-0.25, -0.2) is 4.79 Å². The maximum atomic E-state index is 13.2. The first kappa shape index (κ1) is 28.5. The number of nitrogens with one attached hydrogen (secondary N) is 3. The van der Waals surface area contributed by atoms with Gasteiger partial charge in [0, 0.05) is 35.0 Å². The van der Waals surface area contributed by atoms with Gasteiger partial charge in [-0.2, -0.15) is 0 Å². The molecule has 1 saturated heterocycles. The molecule has 1 unspecified atom stereocenters. The summed E-state index contributed by atoms with van der Waals surface area (Å²) < 4.78 is 0. The molecule has 1 heterocycles. The third kappa shape index (κ3) is 6.73. The average molecular weight is 542 g/mol. The van der Waals surface area contributed by atoms with Crippen molar-refractivity contribution in [3.8, 4) is 11.1 Å². The average Bonchev–Trinajstić information content (AvgIpc) is 3.45. The van der Waals surface area contributed by atoms with E-state index >= 15 is 0 Å². The second-order valence-electron chi connectivity index (χ2n) is 10.4. The highest BCUT2D eigenvalue weighted by atomic mass is 16.4. The number of amidine groups is 1. The molecule has 1 fully saturated rings. The van der Waals surface area contributed by atoms with Crippen molar-refractivity contribution in [1.29, 1.82) is 5.41 Å². The molecule has 2 amide bonds. The van der Waals surface area contributed by atoms with E-state index < -0.39 is 11.9 Å². The Bertz CT molecular complexity index is 1410. The number of benzene rings is 3. The molecule has 9 heteroatoms. The van der Waals surface area contributed by atoms with Gasteiger partial charge >= 0.3 is 5.97 Å². The summed E-state index contributed by atoms with van der Waals surface area (Å²) in [6.07, 6.45) is 2.32. The molecule has 3 aromatic carbocycles. The van der Waals surface area contributed by atoms with Crippen molar-refractivity contribution in [2.45, 2.75) is 32.7 Å². The van der Waals surface area contributed by atoms with Crippen LogP contribution >= 0.6 is 0 Å². The quantitative estimate of drug-likeness (QED) is 0.189. The number of rotatable bonds is 10. The third-order valence-corrected chi connectivity index (χ3v) is 7.20. The third-order valence-electron chi connectivity index (χ3n) is 7.20. The van der Waals surface area contributed by atoms with Crippen LogP contribution in [0.4, 0.5) is 5.69 Å². The van der Waals surface area contributed by atoms with Gasteiger partial charge in [0.2, 0.25) is 0 Å². The van der Waals surface area contributed by atoms with E-state index in [0.717, 1.165) is 32.5 Å². The molecule has 3 aromatic rings. The van der Waals surface area contributed by atoms with Crippen molar-refractivity contribution in [2.75, 3.05) is 25.0 Å². The lowest BCUT2D eigenvalue weighted by Crippen LogP contribution is -2.46. The lowest BCUT2D eigenvalue weighted by atomic mass is 9.93. The summed E-state index contributed by atoms with van der Waals surface area (Å²) >= 11 is 0. The number of aromatic carboxylic acids is 1. The van der Waals surface area contributed by atoms with Crippen LogP contribution in [-0.2, 0) is 0 Å². The van der Waals surface area contributed by atoms with Crippen LogP contribution in [0.1, 0.15) is 63.3 Å². The van der Waals surface area contributed by atoms with Crippen molar-refractivity contribution >= 4 is 29.3 Å². The summed E-state index contributed by atoms with van der Waals surface area (Å²) in [5, 5.41) is 23.5. The first-order valence-corrected chi connectivity index (χ1v) is 13.4. The number of nitrogen functional groups attached to an aromatic ring is 1. The number of carbonyl (C=O) groups is 3. The normalized spacial score (nSPS) is 14.1. The van der Waals surface area contributed by atoms with Crippen LogP contribution in [0.2, 0.25) is 0 Å². The molecule has 1 aliphatic heterocycles. The molecule has 0 bridgehead atoms. The molecule has 1 atom stereocenters. The van der Waals surface area contributed by atoms with E-state index in [1.807, 2.05) is 0 Å². The van der Waals surface area contributed by atoms with Crippen LogP contribution in [-0.4, -0.2) is 59.3 Å². The number of hydrogen-bond donors (Lipinski definition) is 5. The van der Waals surface area contributed by atoms with Crippen LogP contribution < -0.4 is 16.4 Å².